The van der Waals surface area contributed by atoms with Crippen LogP contribution in [0.4, 0.5) is 18.9 Å². The molecule has 1 heterocycles. The topological polar surface area (TPSA) is 166 Å². The Morgan fingerprint density at radius 3 is 2.23 bits per heavy atom. The van der Waals surface area contributed by atoms with Gasteiger partial charge in [-0.2, -0.15) is 13.2 Å². The number of hydrogen-bond acceptors (Lipinski definition) is 8. The van der Waals surface area contributed by atoms with E-state index in [1.807, 2.05) is 0 Å². The number of amides is 2. The van der Waals surface area contributed by atoms with Crippen molar-refractivity contribution < 1.29 is 45.4 Å². The molecule has 0 spiro atoms. The number of ether oxygens (including phenoxy) is 2. The van der Waals surface area contributed by atoms with E-state index in [1.165, 1.54) is 18.2 Å². The lowest BCUT2D eigenvalue weighted by Gasteiger charge is -2.28. The van der Waals surface area contributed by atoms with Gasteiger partial charge in [0.1, 0.15) is 10.6 Å². The van der Waals surface area contributed by atoms with Crippen molar-refractivity contribution in [2.24, 2.45) is 17.6 Å². The summed E-state index contributed by atoms with van der Waals surface area (Å²) >= 11 is 0. The van der Waals surface area contributed by atoms with Gasteiger partial charge in [0, 0.05) is 17.7 Å². The normalized spacial score (nSPS) is 14.7. The second-order valence-electron chi connectivity index (χ2n) is 11.3. The number of anilines is 1. The van der Waals surface area contributed by atoms with Gasteiger partial charge in [0.2, 0.25) is 11.8 Å². The molecule has 1 atom stereocenters. The van der Waals surface area contributed by atoms with Gasteiger partial charge < -0.3 is 25.8 Å². The number of nitrogens with two attached hydrogens (primary N) is 1. The number of rotatable bonds is 12. The number of sulfonamides is 1. The zero-order chi connectivity index (χ0) is 34.4. The van der Waals surface area contributed by atoms with Crippen LogP contribution in [0.15, 0.2) is 71.6 Å². The van der Waals surface area contributed by atoms with E-state index in [2.05, 4.69) is 15.4 Å². The first-order chi connectivity index (χ1) is 22.2. The van der Waals surface area contributed by atoms with Crippen LogP contribution in [0.25, 0.3) is 0 Å². The fourth-order valence-electron chi connectivity index (χ4n) is 5.23. The highest BCUT2D eigenvalue weighted by atomic mass is 32.2. The lowest BCUT2D eigenvalue weighted by atomic mass is 9.83. The maximum absolute atomic E-state index is 13.9. The summed E-state index contributed by atoms with van der Waals surface area (Å²) in [7, 11) is -4.89. The molecule has 1 aliphatic heterocycles. The number of carbonyl (C=O) groups excluding carboxylic acids is 3. The lowest BCUT2D eigenvalue weighted by Crippen LogP contribution is -2.40. The SMILES string of the molecule is CC(C)[C@H](C(=O)NCC1CCNCC1)c1c(C(N)=O)ccc(S(=O)(=O)Nc2ccccc2Oc2ccccc2)c1OC(=O)C(F)(F)F. The molecular formula is C32H35F3N4O7S. The third-order valence-corrected chi connectivity index (χ3v) is 8.92. The van der Waals surface area contributed by atoms with E-state index in [0.29, 0.717) is 5.75 Å². The average Bonchev–Trinajstić information content (AvgIpc) is 3.01. The molecule has 11 nitrogen and oxygen atoms in total. The quantitative estimate of drug-likeness (QED) is 0.158. The van der Waals surface area contributed by atoms with Crippen molar-refractivity contribution in [1.82, 2.24) is 10.6 Å². The van der Waals surface area contributed by atoms with Gasteiger partial charge >= 0.3 is 12.1 Å². The lowest BCUT2D eigenvalue weighted by molar-refractivity contribution is -0.189. The van der Waals surface area contributed by atoms with Gasteiger partial charge in [-0.05, 0) is 74.2 Å². The number of para-hydroxylation sites is 3. The van der Waals surface area contributed by atoms with E-state index < -0.39 is 67.6 Å². The predicted molar refractivity (Wildman–Crippen MR) is 167 cm³/mol. The summed E-state index contributed by atoms with van der Waals surface area (Å²) in [4.78, 5) is 37.6. The Morgan fingerprint density at radius 1 is 0.979 bits per heavy atom. The Bertz CT molecular complexity index is 1710. The summed E-state index contributed by atoms with van der Waals surface area (Å²) in [6.07, 6.45) is -4.03. The van der Waals surface area contributed by atoms with Crippen LogP contribution in [0.2, 0.25) is 0 Å². The van der Waals surface area contributed by atoms with E-state index in [9.17, 15) is 36.0 Å². The molecule has 0 radical (unpaired) electrons. The molecule has 4 rings (SSSR count). The van der Waals surface area contributed by atoms with Crippen molar-refractivity contribution >= 4 is 33.5 Å². The van der Waals surface area contributed by atoms with E-state index in [-0.39, 0.29) is 23.9 Å². The average molecular weight is 677 g/mol. The highest BCUT2D eigenvalue weighted by molar-refractivity contribution is 7.92. The Balaban J connectivity index is 1.84. The number of alkyl halides is 3. The molecule has 1 fully saturated rings. The van der Waals surface area contributed by atoms with Crippen molar-refractivity contribution in [2.75, 3.05) is 24.4 Å². The van der Waals surface area contributed by atoms with Crippen LogP contribution in [-0.4, -0.2) is 52.0 Å². The molecule has 1 saturated heterocycles. The molecule has 252 valence electrons. The summed E-state index contributed by atoms with van der Waals surface area (Å²) < 4.78 is 81.4. The molecule has 0 aromatic heterocycles. The number of hydrogen-bond donors (Lipinski definition) is 4. The van der Waals surface area contributed by atoms with E-state index in [1.54, 1.807) is 50.2 Å². The molecule has 2 amide bonds. The monoisotopic (exact) mass is 676 g/mol. The fourth-order valence-corrected chi connectivity index (χ4v) is 6.44. The standard InChI is InChI=1S/C32H35F3N4O7S/c1-19(2)26(30(41)38-18-20-14-16-37-17-15-20)27-22(29(36)40)12-13-25(28(27)46-31(42)32(33,34)35)47(43,44)39-23-10-6-7-11-24(23)45-21-8-4-3-5-9-21/h3-13,19-20,26,37,39H,14-18H2,1-2H3,(H2,36,40)(H,38,41)/t26-/m0/s1. The van der Waals surface area contributed by atoms with Crippen LogP contribution in [-0.2, 0) is 19.6 Å². The Kier molecular flexibility index (Phi) is 11.1. The number of halogens is 3. The number of benzene rings is 3. The largest absolute Gasteiger partial charge is 0.491 e. The second kappa shape index (κ2) is 14.9. The van der Waals surface area contributed by atoms with Crippen molar-refractivity contribution in [2.45, 2.75) is 43.7 Å². The Morgan fingerprint density at radius 2 is 1.62 bits per heavy atom. The van der Waals surface area contributed by atoms with Crippen molar-refractivity contribution in [3.8, 4) is 17.2 Å². The summed E-state index contributed by atoms with van der Waals surface area (Å²) in [6.45, 7) is 4.80. The van der Waals surface area contributed by atoms with E-state index in [4.69, 9.17) is 15.2 Å². The predicted octanol–water partition coefficient (Wildman–Crippen LogP) is 4.70. The van der Waals surface area contributed by atoms with Gasteiger partial charge in [0.05, 0.1) is 11.6 Å². The molecule has 47 heavy (non-hydrogen) atoms. The Hall–Kier alpha value is -4.63. The van der Waals surface area contributed by atoms with Crippen LogP contribution in [0.1, 0.15) is 48.5 Å². The molecule has 0 aliphatic carbocycles. The van der Waals surface area contributed by atoms with Gasteiger partial charge in [-0.25, -0.2) is 13.2 Å². The summed E-state index contributed by atoms with van der Waals surface area (Å²) in [6, 6.07) is 16.0. The zero-order valence-corrected chi connectivity index (χ0v) is 26.4. The summed E-state index contributed by atoms with van der Waals surface area (Å²) in [5.41, 5.74) is 4.42. The first-order valence-corrected chi connectivity index (χ1v) is 16.3. The number of piperidine rings is 1. The van der Waals surface area contributed by atoms with Crippen molar-refractivity contribution in [1.29, 1.82) is 0 Å². The minimum atomic E-state index is -5.56. The van der Waals surface area contributed by atoms with Crippen LogP contribution < -0.4 is 30.6 Å². The molecule has 15 heteroatoms. The molecule has 5 N–H and O–H groups in total. The van der Waals surface area contributed by atoms with Gasteiger partial charge in [0.15, 0.2) is 11.5 Å². The summed E-state index contributed by atoms with van der Waals surface area (Å²) in [5, 5.41) is 5.98. The first kappa shape index (κ1) is 35.2. The van der Waals surface area contributed by atoms with Crippen LogP contribution >= 0.6 is 0 Å². The van der Waals surface area contributed by atoms with Gasteiger partial charge in [-0.15, -0.1) is 0 Å². The minimum absolute atomic E-state index is 0.0439. The molecule has 0 unspecified atom stereocenters. The van der Waals surface area contributed by atoms with Gasteiger partial charge in [-0.3, -0.25) is 14.3 Å². The number of primary amides is 1. The Labute approximate surface area is 270 Å². The summed E-state index contributed by atoms with van der Waals surface area (Å²) in [5.74, 6) is -7.45. The second-order valence-corrected chi connectivity index (χ2v) is 12.9. The van der Waals surface area contributed by atoms with E-state index in [0.717, 1.165) is 38.1 Å². The van der Waals surface area contributed by atoms with Crippen LogP contribution in [0, 0.1) is 11.8 Å². The highest BCUT2D eigenvalue weighted by Crippen LogP contribution is 2.42. The van der Waals surface area contributed by atoms with Gasteiger partial charge in [-0.1, -0.05) is 44.2 Å². The fraction of sp³-hybridized carbons (Fsp3) is 0.344. The van der Waals surface area contributed by atoms with E-state index >= 15 is 0 Å². The molecule has 3 aromatic carbocycles. The molecule has 0 bridgehead atoms. The molecular weight excluding hydrogens is 641 g/mol. The maximum atomic E-state index is 13.9. The molecule has 3 aromatic rings. The first-order valence-electron chi connectivity index (χ1n) is 14.8. The minimum Gasteiger partial charge on any atom is -0.455 e. The maximum Gasteiger partial charge on any atom is 0.491 e. The number of esters is 1. The smallest absolute Gasteiger partial charge is 0.455 e. The van der Waals surface area contributed by atoms with Crippen LogP contribution in [0.3, 0.4) is 0 Å². The third kappa shape index (κ3) is 8.80. The number of nitrogens with one attached hydrogen (secondary N) is 3. The van der Waals surface area contributed by atoms with Crippen molar-refractivity contribution in [3.05, 3.63) is 77.9 Å². The molecule has 1 aliphatic rings. The highest BCUT2D eigenvalue weighted by Gasteiger charge is 2.44. The van der Waals surface area contributed by atoms with Crippen molar-refractivity contribution in [3.63, 3.8) is 0 Å². The zero-order valence-electron chi connectivity index (χ0n) is 25.6. The van der Waals surface area contributed by atoms with Crippen LogP contribution in [0.5, 0.6) is 17.2 Å². The van der Waals surface area contributed by atoms with Gasteiger partial charge in [0.25, 0.3) is 10.0 Å². The molecule has 0 saturated carbocycles. The third-order valence-electron chi connectivity index (χ3n) is 7.53. The number of carbonyl (C=O) groups is 3.